The number of amides is 2. The number of halogens is 2. The Labute approximate surface area is 279 Å². The maximum atomic E-state index is 13.9. The van der Waals surface area contributed by atoms with Crippen LogP contribution in [-0.2, 0) is 19.6 Å². The molecule has 6 N–H and O–H groups in total. The summed E-state index contributed by atoms with van der Waals surface area (Å²) in [6, 6.07) is 16.1. The highest BCUT2D eigenvalue weighted by atomic mass is 79.9. The fourth-order valence-electron chi connectivity index (χ4n) is 4.95. The van der Waals surface area contributed by atoms with Crippen LogP contribution in [0.3, 0.4) is 0 Å². The Hall–Kier alpha value is -3.01. The summed E-state index contributed by atoms with van der Waals surface area (Å²) >= 11 is 11.0. The summed E-state index contributed by atoms with van der Waals surface area (Å²) in [5.41, 5.74) is 14.9. The van der Waals surface area contributed by atoms with Crippen molar-refractivity contribution in [2.24, 2.45) is 11.5 Å². The van der Waals surface area contributed by atoms with E-state index in [4.69, 9.17) is 23.1 Å². The summed E-state index contributed by atoms with van der Waals surface area (Å²) in [6.07, 6.45) is 3.79. The number of nitrogens with zero attached hydrogens (tertiary/aromatic N) is 3. The third-order valence-corrected chi connectivity index (χ3v) is 10.9. The minimum atomic E-state index is -4.13. The first-order valence-corrected chi connectivity index (χ1v) is 17.9. The molecule has 0 aliphatic heterocycles. The van der Waals surface area contributed by atoms with Crippen LogP contribution >= 0.6 is 39.3 Å². The molecule has 0 bridgehead atoms. The number of benzene rings is 3. The van der Waals surface area contributed by atoms with Crippen molar-refractivity contribution in [3.63, 3.8) is 0 Å². The van der Waals surface area contributed by atoms with Crippen LogP contribution < -0.4 is 21.5 Å². The Bertz CT molecular complexity index is 1870. The highest BCUT2D eigenvalue weighted by Gasteiger charge is 2.38. The summed E-state index contributed by atoms with van der Waals surface area (Å²) < 4.78 is 29.4. The number of aromatic nitrogens is 3. The van der Waals surface area contributed by atoms with E-state index < -0.39 is 26.7 Å². The zero-order valence-corrected chi connectivity index (χ0v) is 28.4. The number of thioether (sulfide) groups is 1. The van der Waals surface area contributed by atoms with Crippen molar-refractivity contribution in [3.8, 4) is 5.69 Å². The SMILES string of the molecule is CCC(=O)NS(=O)(=O)c1ccc(NC(=O)[C@@](N)(CCCCN)Sc2nnc(Br)n2-c2ccc(C3CC3)c3ccccc23)c(Cl)c1. The van der Waals surface area contributed by atoms with E-state index in [0.717, 1.165) is 34.3 Å². The van der Waals surface area contributed by atoms with E-state index in [1.54, 1.807) is 0 Å². The van der Waals surface area contributed by atoms with Crippen molar-refractivity contribution in [2.45, 2.75) is 66.3 Å². The summed E-state index contributed by atoms with van der Waals surface area (Å²) in [4.78, 5) is 23.8. The Morgan fingerprint density at radius 3 is 2.51 bits per heavy atom. The van der Waals surface area contributed by atoms with Gasteiger partial charge >= 0.3 is 0 Å². The molecule has 1 aliphatic rings. The van der Waals surface area contributed by atoms with Gasteiger partial charge in [0.05, 0.1) is 21.3 Å². The average molecular weight is 735 g/mol. The number of fused-ring (bicyclic) bond motifs is 1. The molecule has 15 heteroatoms. The molecule has 3 aromatic carbocycles. The number of anilines is 1. The standard InChI is InChI=1S/C30H33BrClN7O4S2/c1-2-26(40)38-45(42,43)19-11-13-24(23(32)17-19)35-27(41)30(34,15-5-6-16-33)44-29-37-36-28(31)39(29)25-14-12-20(18-9-10-18)21-7-3-4-8-22(21)25/h3-4,7-8,11-14,17-18H,2,5-6,9-10,15-16,33-34H2,1H3,(H,35,41)(H,38,40)/t30-/m1/s1. The van der Waals surface area contributed by atoms with E-state index in [1.807, 2.05) is 27.5 Å². The maximum absolute atomic E-state index is 13.9. The van der Waals surface area contributed by atoms with E-state index in [9.17, 15) is 18.0 Å². The van der Waals surface area contributed by atoms with Crippen molar-refractivity contribution >= 4 is 77.6 Å². The number of sulfonamides is 1. The Balaban J connectivity index is 1.46. The zero-order valence-electron chi connectivity index (χ0n) is 24.4. The van der Waals surface area contributed by atoms with Crippen molar-refractivity contribution in [1.82, 2.24) is 19.5 Å². The molecular weight excluding hydrogens is 702 g/mol. The first kappa shape index (κ1) is 33.4. The number of nitrogens with one attached hydrogen (secondary N) is 2. The quantitative estimate of drug-likeness (QED) is 0.0792. The van der Waals surface area contributed by atoms with Gasteiger partial charge in [-0.2, -0.15) is 0 Å². The molecule has 0 saturated heterocycles. The number of carbonyl (C=O) groups is 2. The van der Waals surface area contributed by atoms with E-state index >= 15 is 0 Å². The molecule has 1 atom stereocenters. The molecule has 5 rings (SSSR count). The van der Waals surface area contributed by atoms with Crippen LogP contribution in [-0.4, -0.2) is 46.4 Å². The molecule has 0 radical (unpaired) electrons. The molecule has 1 heterocycles. The first-order chi connectivity index (χ1) is 21.5. The lowest BCUT2D eigenvalue weighted by molar-refractivity contribution is -0.119. The number of nitrogens with two attached hydrogens (primary N) is 2. The van der Waals surface area contributed by atoms with Gasteiger partial charge in [-0.3, -0.25) is 14.2 Å². The van der Waals surface area contributed by atoms with E-state index in [-0.39, 0.29) is 28.4 Å². The van der Waals surface area contributed by atoms with Gasteiger partial charge in [0, 0.05) is 11.8 Å². The lowest BCUT2D eigenvalue weighted by Crippen LogP contribution is -2.48. The van der Waals surface area contributed by atoms with Crippen molar-refractivity contribution in [2.75, 3.05) is 11.9 Å². The molecule has 0 unspecified atom stereocenters. The molecule has 1 aliphatic carbocycles. The van der Waals surface area contributed by atoms with Crippen LogP contribution in [0.25, 0.3) is 16.5 Å². The van der Waals surface area contributed by atoms with Gasteiger partial charge in [0.15, 0.2) is 5.16 Å². The predicted octanol–water partition coefficient (Wildman–Crippen LogP) is 5.44. The normalized spacial score (nSPS) is 14.7. The van der Waals surface area contributed by atoms with E-state index in [2.05, 4.69) is 49.6 Å². The molecule has 2 amide bonds. The van der Waals surface area contributed by atoms with Crippen LogP contribution in [0.4, 0.5) is 5.69 Å². The molecule has 45 heavy (non-hydrogen) atoms. The Kier molecular flexibility index (Phi) is 10.2. The van der Waals surface area contributed by atoms with Crippen molar-refractivity contribution in [3.05, 3.63) is 69.9 Å². The summed E-state index contributed by atoms with van der Waals surface area (Å²) in [7, 11) is -4.13. The number of rotatable bonds is 13. The van der Waals surface area contributed by atoms with E-state index in [1.165, 1.54) is 37.5 Å². The van der Waals surface area contributed by atoms with Crippen LogP contribution in [0.15, 0.2) is 69.4 Å². The smallest absolute Gasteiger partial charge is 0.264 e. The number of carbonyl (C=O) groups excluding carboxylic acids is 2. The lowest BCUT2D eigenvalue weighted by Gasteiger charge is -2.27. The van der Waals surface area contributed by atoms with Crippen LogP contribution in [0.5, 0.6) is 0 Å². The molecule has 0 spiro atoms. The number of unbranched alkanes of at least 4 members (excludes halogenated alkanes) is 1. The van der Waals surface area contributed by atoms with Crippen LogP contribution in [0, 0.1) is 0 Å². The summed E-state index contributed by atoms with van der Waals surface area (Å²) in [5.74, 6) is -0.667. The zero-order chi connectivity index (χ0) is 32.4. The average Bonchev–Trinajstić information content (AvgIpc) is 3.80. The maximum Gasteiger partial charge on any atom is 0.264 e. The van der Waals surface area contributed by atoms with Gasteiger partial charge in [-0.05, 0) is 95.7 Å². The van der Waals surface area contributed by atoms with Gasteiger partial charge in [-0.1, -0.05) is 60.6 Å². The van der Waals surface area contributed by atoms with Crippen LogP contribution in [0.1, 0.15) is 56.9 Å². The molecule has 1 fully saturated rings. The molecule has 1 saturated carbocycles. The molecule has 1 aromatic heterocycles. The van der Waals surface area contributed by atoms with Gasteiger partial charge < -0.3 is 16.8 Å². The predicted molar refractivity (Wildman–Crippen MR) is 180 cm³/mol. The molecule has 11 nitrogen and oxygen atoms in total. The number of hydrogen-bond acceptors (Lipinski definition) is 9. The largest absolute Gasteiger partial charge is 0.330 e. The second-order valence-electron chi connectivity index (χ2n) is 10.8. The fraction of sp³-hybridized carbons (Fsp3) is 0.333. The van der Waals surface area contributed by atoms with Gasteiger partial charge in [-0.15, -0.1) is 10.2 Å². The first-order valence-electron chi connectivity index (χ1n) is 14.4. The Morgan fingerprint density at radius 2 is 1.84 bits per heavy atom. The summed E-state index contributed by atoms with van der Waals surface area (Å²) in [5, 5.41) is 13.9. The third kappa shape index (κ3) is 7.36. The van der Waals surface area contributed by atoms with Gasteiger partial charge in [-0.25, -0.2) is 13.1 Å². The van der Waals surface area contributed by atoms with Gasteiger partial charge in [0.25, 0.3) is 15.9 Å². The highest BCUT2D eigenvalue weighted by Crippen LogP contribution is 2.45. The summed E-state index contributed by atoms with van der Waals surface area (Å²) in [6.45, 7) is 1.97. The van der Waals surface area contributed by atoms with Crippen molar-refractivity contribution in [1.29, 1.82) is 0 Å². The second kappa shape index (κ2) is 13.8. The minimum Gasteiger partial charge on any atom is -0.330 e. The third-order valence-electron chi connectivity index (χ3n) is 7.52. The highest BCUT2D eigenvalue weighted by molar-refractivity contribution is 9.10. The van der Waals surface area contributed by atoms with E-state index in [0.29, 0.717) is 35.2 Å². The number of hydrogen-bond donors (Lipinski definition) is 4. The minimum absolute atomic E-state index is 0.00611. The molecule has 4 aromatic rings. The van der Waals surface area contributed by atoms with Crippen LogP contribution in [0.2, 0.25) is 5.02 Å². The topological polar surface area (TPSA) is 175 Å². The lowest BCUT2D eigenvalue weighted by atomic mass is 9.99. The molecular formula is C30H33BrClN7O4S2. The van der Waals surface area contributed by atoms with Gasteiger partial charge in [0.1, 0.15) is 4.87 Å². The second-order valence-corrected chi connectivity index (χ2v) is 14.9. The Morgan fingerprint density at radius 1 is 1.11 bits per heavy atom. The monoisotopic (exact) mass is 733 g/mol. The fourth-order valence-corrected chi connectivity index (χ4v) is 7.96. The van der Waals surface area contributed by atoms with Gasteiger partial charge in [0.2, 0.25) is 10.6 Å². The molecule has 238 valence electrons. The van der Waals surface area contributed by atoms with Crippen molar-refractivity contribution < 1.29 is 18.0 Å².